The Morgan fingerprint density at radius 1 is 1.42 bits per heavy atom. The predicted molar refractivity (Wildman–Crippen MR) is 48.7 cm³/mol. The first-order valence-corrected chi connectivity index (χ1v) is 3.99. The largest absolute Gasteiger partial charge is 0.468 e. The molecule has 0 aliphatic heterocycles. The highest BCUT2D eigenvalue weighted by atomic mass is 35.5. The summed E-state index contributed by atoms with van der Waals surface area (Å²) in [6.07, 6.45) is 0. The minimum atomic E-state index is 0.249. The smallest absolute Gasteiger partial charge is 0.188 e. The highest BCUT2D eigenvalue weighted by molar-refractivity contribution is 6.31. The molecular formula is C9H11ClO2. The van der Waals surface area contributed by atoms with Gasteiger partial charge in [0, 0.05) is 12.1 Å². The first kappa shape index (κ1) is 9.36. The van der Waals surface area contributed by atoms with E-state index < -0.39 is 0 Å². The topological polar surface area (TPSA) is 18.5 Å². The molecule has 0 aliphatic carbocycles. The van der Waals surface area contributed by atoms with Gasteiger partial charge in [-0.1, -0.05) is 17.7 Å². The van der Waals surface area contributed by atoms with Crippen molar-refractivity contribution >= 4 is 11.6 Å². The monoisotopic (exact) mass is 186 g/mol. The first-order valence-electron chi connectivity index (χ1n) is 3.62. The van der Waals surface area contributed by atoms with Crippen LogP contribution >= 0.6 is 11.6 Å². The van der Waals surface area contributed by atoms with Crippen molar-refractivity contribution in [2.24, 2.45) is 0 Å². The fraction of sp³-hybridized carbons (Fsp3) is 0.333. The number of rotatable bonds is 3. The molecular weight excluding hydrogens is 176 g/mol. The third-order valence-electron chi connectivity index (χ3n) is 1.49. The lowest BCUT2D eigenvalue weighted by atomic mass is 10.2. The van der Waals surface area contributed by atoms with Gasteiger partial charge in [-0.15, -0.1) is 0 Å². The zero-order valence-corrected chi connectivity index (χ0v) is 7.89. The molecule has 0 saturated carbocycles. The van der Waals surface area contributed by atoms with Gasteiger partial charge in [0.2, 0.25) is 0 Å². The molecule has 0 amide bonds. The number of benzene rings is 1. The van der Waals surface area contributed by atoms with Gasteiger partial charge in [0.15, 0.2) is 6.79 Å². The summed E-state index contributed by atoms with van der Waals surface area (Å²) in [6.45, 7) is 2.20. The van der Waals surface area contributed by atoms with E-state index in [-0.39, 0.29) is 6.79 Å². The van der Waals surface area contributed by atoms with Crippen molar-refractivity contribution in [3.63, 3.8) is 0 Å². The van der Waals surface area contributed by atoms with Gasteiger partial charge in [-0.2, -0.15) is 0 Å². The Kier molecular flexibility index (Phi) is 3.38. The molecule has 0 spiro atoms. The normalized spacial score (nSPS) is 9.92. The van der Waals surface area contributed by atoms with Gasteiger partial charge in [0.05, 0.1) is 0 Å². The summed E-state index contributed by atoms with van der Waals surface area (Å²) < 4.78 is 9.93. The number of hydrogen-bond acceptors (Lipinski definition) is 2. The van der Waals surface area contributed by atoms with Crippen LogP contribution in [-0.4, -0.2) is 13.9 Å². The molecule has 1 rings (SSSR count). The maximum atomic E-state index is 5.87. The minimum Gasteiger partial charge on any atom is -0.468 e. The van der Waals surface area contributed by atoms with E-state index in [1.165, 1.54) is 0 Å². The average molecular weight is 187 g/mol. The Labute approximate surface area is 77.1 Å². The molecule has 0 unspecified atom stereocenters. The van der Waals surface area contributed by atoms with Gasteiger partial charge < -0.3 is 9.47 Å². The van der Waals surface area contributed by atoms with Gasteiger partial charge in [-0.3, -0.25) is 0 Å². The highest BCUT2D eigenvalue weighted by Gasteiger charge is 1.97. The van der Waals surface area contributed by atoms with Crippen molar-refractivity contribution in [3.8, 4) is 5.75 Å². The average Bonchev–Trinajstić information content (AvgIpc) is 2.07. The maximum Gasteiger partial charge on any atom is 0.188 e. The van der Waals surface area contributed by atoms with Crippen LogP contribution in [0.25, 0.3) is 0 Å². The highest BCUT2D eigenvalue weighted by Crippen LogP contribution is 2.21. The van der Waals surface area contributed by atoms with Crippen molar-refractivity contribution in [3.05, 3.63) is 28.8 Å². The summed E-state index contributed by atoms with van der Waals surface area (Å²) in [7, 11) is 1.58. The SMILES string of the molecule is COCOc1ccc(C)c(Cl)c1. The van der Waals surface area contributed by atoms with Crippen LogP contribution in [0.2, 0.25) is 5.02 Å². The summed E-state index contributed by atoms with van der Waals surface area (Å²) in [6, 6.07) is 5.55. The molecule has 3 heteroatoms. The maximum absolute atomic E-state index is 5.87. The van der Waals surface area contributed by atoms with E-state index in [0.29, 0.717) is 5.02 Å². The molecule has 12 heavy (non-hydrogen) atoms. The van der Waals surface area contributed by atoms with Gasteiger partial charge in [-0.25, -0.2) is 0 Å². The Morgan fingerprint density at radius 3 is 2.75 bits per heavy atom. The lowest BCUT2D eigenvalue weighted by molar-refractivity contribution is 0.0511. The van der Waals surface area contributed by atoms with E-state index in [2.05, 4.69) is 0 Å². The molecule has 2 nitrogen and oxygen atoms in total. The van der Waals surface area contributed by atoms with Crippen LogP contribution in [0.4, 0.5) is 0 Å². The van der Waals surface area contributed by atoms with Crippen LogP contribution in [0.1, 0.15) is 5.56 Å². The van der Waals surface area contributed by atoms with Crippen molar-refractivity contribution in [1.82, 2.24) is 0 Å². The van der Waals surface area contributed by atoms with Gasteiger partial charge in [0.1, 0.15) is 5.75 Å². The number of methoxy groups -OCH3 is 1. The number of halogens is 1. The van der Waals surface area contributed by atoms with Gasteiger partial charge in [0.25, 0.3) is 0 Å². The van der Waals surface area contributed by atoms with Crippen LogP contribution in [0.3, 0.4) is 0 Å². The zero-order valence-electron chi connectivity index (χ0n) is 7.13. The minimum absolute atomic E-state index is 0.249. The van der Waals surface area contributed by atoms with Crippen LogP contribution in [0.5, 0.6) is 5.75 Å². The summed E-state index contributed by atoms with van der Waals surface area (Å²) in [5, 5.41) is 0.712. The lowest BCUT2D eigenvalue weighted by Crippen LogP contribution is -1.98. The quantitative estimate of drug-likeness (QED) is 0.676. The first-order chi connectivity index (χ1) is 5.74. The fourth-order valence-corrected chi connectivity index (χ4v) is 0.961. The molecule has 0 aromatic heterocycles. The second-order valence-corrected chi connectivity index (χ2v) is 2.87. The van der Waals surface area contributed by atoms with E-state index in [9.17, 15) is 0 Å². The van der Waals surface area contributed by atoms with E-state index >= 15 is 0 Å². The second kappa shape index (κ2) is 4.33. The Bertz CT molecular complexity index is 261. The summed E-state index contributed by atoms with van der Waals surface area (Å²) in [4.78, 5) is 0. The standard InChI is InChI=1S/C9H11ClO2/c1-7-3-4-8(5-9(7)10)12-6-11-2/h3-5H,6H2,1-2H3. The predicted octanol–water partition coefficient (Wildman–Crippen LogP) is 2.63. The number of ether oxygens (including phenoxy) is 2. The van der Waals surface area contributed by atoms with Gasteiger partial charge >= 0.3 is 0 Å². The van der Waals surface area contributed by atoms with Crippen LogP contribution < -0.4 is 4.74 Å². The Balaban J connectivity index is 2.69. The van der Waals surface area contributed by atoms with Gasteiger partial charge in [-0.05, 0) is 24.6 Å². The van der Waals surface area contributed by atoms with E-state index in [4.69, 9.17) is 21.1 Å². The third kappa shape index (κ3) is 2.40. The fourth-order valence-electron chi connectivity index (χ4n) is 0.790. The Morgan fingerprint density at radius 2 is 2.17 bits per heavy atom. The number of aryl methyl sites for hydroxylation is 1. The Hall–Kier alpha value is -0.730. The zero-order chi connectivity index (χ0) is 8.97. The lowest BCUT2D eigenvalue weighted by Gasteiger charge is -2.05. The molecule has 0 aliphatic rings. The van der Waals surface area contributed by atoms with Crippen molar-refractivity contribution in [1.29, 1.82) is 0 Å². The van der Waals surface area contributed by atoms with E-state index in [0.717, 1.165) is 11.3 Å². The van der Waals surface area contributed by atoms with Crippen LogP contribution in [0, 0.1) is 6.92 Å². The molecule has 0 heterocycles. The number of hydrogen-bond donors (Lipinski definition) is 0. The molecule has 0 atom stereocenters. The summed E-state index contributed by atoms with van der Waals surface area (Å²) in [5.74, 6) is 0.729. The second-order valence-electron chi connectivity index (χ2n) is 2.46. The third-order valence-corrected chi connectivity index (χ3v) is 1.89. The molecule has 1 aromatic carbocycles. The molecule has 0 fully saturated rings. The van der Waals surface area contributed by atoms with E-state index in [1.807, 2.05) is 19.1 Å². The molecule has 0 N–H and O–H groups in total. The van der Waals surface area contributed by atoms with Crippen LogP contribution in [0.15, 0.2) is 18.2 Å². The molecule has 0 radical (unpaired) electrons. The molecule has 0 bridgehead atoms. The van der Waals surface area contributed by atoms with Crippen molar-refractivity contribution < 1.29 is 9.47 Å². The molecule has 0 saturated heterocycles. The van der Waals surface area contributed by atoms with Crippen molar-refractivity contribution in [2.75, 3.05) is 13.9 Å². The van der Waals surface area contributed by atoms with Crippen LogP contribution in [-0.2, 0) is 4.74 Å². The molecule has 1 aromatic rings. The summed E-state index contributed by atoms with van der Waals surface area (Å²) >= 11 is 5.87. The van der Waals surface area contributed by atoms with E-state index in [1.54, 1.807) is 13.2 Å². The van der Waals surface area contributed by atoms with Crippen molar-refractivity contribution in [2.45, 2.75) is 6.92 Å². The molecule has 66 valence electrons. The summed E-state index contributed by atoms with van der Waals surface area (Å²) in [5.41, 5.74) is 1.04.